The molecule has 2 nitrogen and oxygen atoms in total. The molecular formula is C18H20N2S. The Bertz CT molecular complexity index is 719. The number of fused-ring (bicyclic) bond motifs is 1. The first-order chi connectivity index (χ1) is 10.3. The summed E-state index contributed by atoms with van der Waals surface area (Å²) in [6.07, 6.45) is 0. The highest BCUT2D eigenvalue weighted by Gasteiger charge is 2.11. The second kappa shape index (κ2) is 6.29. The van der Waals surface area contributed by atoms with Crippen molar-refractivity contribution in [2.45, 2.75) is 20.0 Å². The van der Waals surface area contributed by atoms with Crippen LogP contribution in [0.15, 0.2) is 53.9 Å². The Kier molecular flexibility index (Phi) is 4.23. The van der Waals surface area contributed by atoms with Gasteiger partial charge in [0.2, 0.25) is 0 Å². The number of hydrogen-bond acceptors (Lipinski definition) is 3. The zero-order valence-corrected chi connectivity index (χ0v) is 13.1. The van der Waals surface area contributed by atoms with Crippen molar-refractivity contribution in [1.29, 1.82) is 0 Å². The van der Waals surface area contributed by atoms with Crippen molar-refractivity contribution in [2.24, 2.45) is 5.73 Å². The van der Waals surface area contributed by atoms with Gasteiger partial charge in [-0.25, -0.2) is 0 Å². The Morgan fingerprint density at radius 2 is 1.81 bits per heavy atom. The fourth-order valence-electron chi connectivity index (χ4n) is 2.76. The van der Waals surface area contributed by atoms with E-state index in [4.69, 9.17) is 5.73 Å². The third-order valence-corrected chi connectivity index (χ3v) is 4.72. The molecule has 0 aliphatic carbocycles. The van der Waals surface area contributed by atoms with Gasteiger partial charge in [0.05, 0.1) is 6.54 Å². The molecule has 0 atom stereocenters. The van der Waals surface area contributed by atoms with Crippen molar-refractivity contribution >= 4 is 27.8 Å². The van der Waals surface area contributed by atoms with E-state index in [2.05, 4.69) is 65.7 Å². The summed E-state index contributed by atoms with van der Waals surface area (Å²) in [7, 11) is 0. The van der Waals surface area contributed by atoms with E-state index in [-0.39, 0.29) is 0 Å². The van der Waals surface area contributed by atoms with Gasteiger partial charge < -0.3 is 10.6 Å². The van der Waals surface area contributed by atoms with E-state index in [9.17, 15) is 0 Å². The number of anilines is 1. The lowest BCUT2D eigenvalue weighted by molar-refractivity contribution is 0.846. The lowest BCUT2D eigenvalue weighted by atomic mass is 10.0. The van der Waals surface area contributed by atoms with E-state index in [0.29, 0.717) is 6.54 Å². The molecule has 21 heavy (non-hydrogen) atoms. The van der Waals surface area contributed by atoms with Crippen LogP contribution in [0, 0.1) is 0 Å². The van der Waals surface area contributed by atoms with E-state index < -0.39 is 0 Å². The van der Waals surface area contributed by atoms with Crippen LogP contribution < -0.4 is 10.6 Å². The summed E-state index contributed by atoms with van der Waals surface area (Å²) >= 11 is 1.81. The number of rotatable bonds is 5. The summed E-state index contributed by atoms with van der Waals surface area (Å²) in [6, 6.07) is 17.2. The quantitative estimate of drug-likeness (QED) is 0.756. The second-order valence-electron chi connectivity index (χ2n) is 5.09. The summed E-state index contributed by atoms with van der Waals surface area (Å²) in [5.41, 5.74) is 8.37. The van der Waals surface area contributed by atoms with Crippen molar-refractivity contribution < 1.29 is 0 Å². The smallest absolute Gasteiger partial charge is 0.0522 e. The van der Waals surface area contributed by atoms with Crippen LogP contribution in [-0.2, 0) is 13.1 Å². The van der Waals surface area contributed by atoms with Crippen LogP contribution >= 0.6 is 11.3 Å². The average Bonchev–Trinajstić information content (AvgIpc) is 3.05. The van der Waals surface area contributed by atoms with Gasteiger partial charge in [-0.1, -0.05) is 36.4 Å². The first kappa shape index (κ1) is 14.1. The summed E-state index contributed by atoms with van der Waals surface area (Å²) < 4.78 is 0. The highest BCUT2D eigenvalue weighted by molar-refractivity contribution is 7.09. The largest absolute Gasteiger partial charge is 0.366 e. The SMILES string of the molecule is CCN(Cc1cccs1)c1ccc(CN)c2ccccc12. The number of nitrogens with two attached hydrogens (primary N) is 1. The van der Waals surface area contributed by atoms with Gasteiger partial charge in [0.15, 0.2) is 0 Å². The zero-order valence-electron chi connectivity index (χ0n) is 12.3. The van der Waals surface area contributed by atoms with Gasteiger partial charge in [0.25, 0.3) is 0 Å². The molecule has 0 amide bonds. The Labute approximate surface area is 129 Å². The fourth-order valence-corrected chi connectivity index (χ4v) is 3.48. The van der Waals surface area contributed by atoms with Gasteiger partial charge in [-0.15, -0.1) is 11.3 Å². The molecule has 2 aromatic carbocycles. The molecule has 0 unspecified atom stereocenters. The highest BCUT2D eigenvalue weighted by Crippen LogP contribution is 2.30. The molecule has 3 aromatic rings. The lowest BCUT2D eigenvalue weighted by Crippen LogP contribution is -2.21. The molecule has 0 radical (unpaired) electrons. The van der Waals surface area contributed by atoms with Crippen molar-refractivity contribution in [2.75, 3.05) is 11.4 Å². The summed E-state index contributed by atoms with van der Waals surface area (Å²) in [6.45, 7) is 4.74. The van der Waals surface area contributed by atoms with E-state index in [1.165, 1.54) is 26.9 Å². The molecule has 0 bridgehead atoms. The van der Waals surface area contributed by atoms with Gasteiger partial charge in [-0.2, -0.15) is 0 Å². The van der Waals surface area contributed by atoms with Gasteiger partial charge in [-0.3, -0.25) is 0 Å². The van der Waals surface area contributed by atoms with Gasteiger partial charge in [0.1, 0.15) is 0 Å². The van der Waals surface area contributed by atoms with Gasteiger partial charge >= 0.3 is 0 Å². The molecule has 1 heterocycles. The number of benzene rings is 2. The molecule has 2 N–H and O–H groups in total. The molecule has 3 rings (SSSR count). The normalized spacial score (nSPS) is 11.0. The standard InChI is InChI=1S/C18H20N2S/c1-2-20(13-15-6-5-11-21-15)18-10-9-14(12-19)16-7-3-4-8-17(16)18/h3-11H,2,12-13,19H2,1H3. The number of nitrogens with zero attached hydrogens (tertiary/aromatic N) is 1. The second-order valence-corrected chi connectivity index (χ2v) is 6.12. The van der Waals surface area contributed by atoms with E-state index in [1.54, 1.807) is 0 Å². The topological polar surface area (TPSA) is 29.3 Å². The van der Waals surface area contributed by atoms with Crippen LogP contribution in [0.2, 0.25) is 0 Å². The maximum atomic E-state index is 5.87. The van der Waals surface area contributed by atoms with Crippen molar-refractivity contribution in [3.63, 3.8) is 0 Å². The maximum absolute atomic E-state index is 5.87. The minimum absolute atomic E-state index is 0.581. The first-order valence-corrected chi connectivity index (χ1v) is 8.19. The molecule has 1 aromatic heterocycles. The Morgan fingerprint density at radius 1 is 1.00 bits per heavy atom. The molecular weight excluding hydrogens is 276 g/mol. The lowest BCUT2D eigenvalue weighted by Gasteiger charge is -2.25. The summed E-state index contributed by atoms with van der Waals surface area (Å²) in [4.78, 5) is 3.82. The third-order valence-electron chi connectivity index (χ3n) is 3.86. The Balaban J connectivity index is 2.06. The van der Waals surface area contributed by atoms with Crippen molar-refractivity contribution in [1.82, 2.24) is 0 Å². The van der Waals surface area contributed by atoms with Crippen LogP contribution in [0.3, 0.4) is 0 Å². The highest BCUT2D eigenvalue weighted by atomic mass is 32.1. The van der Waals surface area contributed by atoms with Crippen LogP contribution in [0.5, 0.6) is 0 Å². The zero-order chi connectivity index (χ0) is 14.7. The van der Waals surface area contributed by atoms with Gasteiger partial charge in [0, 0.05) is 29.0 Å². The molecule has 0 saturated heterocycles. The molecule has 0 aliphatic heterocycles. The minimum Gasteiger partial charge on any atom is -0.366 e. The Hall–Kier alpha value is -1.84. The van der Waals surface area contributed by atoms with Crippen LogP contribution in [0.25, 0.3) is 10.8 Å². The maximum Gasteiger partial charge on any atom is 0.0522 e. The molecule has 0 aliphatic rings. The van der Waals surface area contributed by atoms with E-state index in [0.717, 1.165) is 13.1 Å². The average molecular weight is 296 g/mol. The van der Waals surface area contributed by atoms with Gasteiger partial charge in [-0.05, 0) is 35.4 Å². The van der Waals surface area contributed by atoms with E-state index in [1.807, 2.05) is 11.3 Å². The summed E-state index contributed by atoms with van der Waals surface area (Å²) in [5.74, 6) is 0. The molecule has 0 saturated carbocycles. The number of hydrogen-bond donors (Lipinski definition) is 1. The molecule has 0 spiro atoms. The Morgan fingerprint density at radius 3 is 2.48 bits per heavy atom. The predicted molar refractivity (Wildman–Crippen MR) is 92.9 cm³/mol. The van der Waals surface area contributed by atoms with Crippen molar-refractivity contribution in [3.05, 3.63) is 64.4 Å². The van der Waals surface area contributed by atoms with Crippen molar-refractivity contribution in [3.8, 4) is 0 Å². The number of thiophene rings is 1. The molecule has 3 heteroatoms. The molecule has 0 fully saturated rings. The third kappa shape index (κ3) is 2.80. The predicted octanol–water partition coefficient (Wildman–Crippen LogP) is 4.39. The van der Waals surface area contributed by atoms with Crippen LogP contribution in [-0.4, -0.2) is 6.54 Å². The monoisotopic (exact) mass is 296 g/mol. The first-order valence-electron chi connectivity index (χ1n) is 7.31. The summed E-state index contributed by atoms with van der Waals surface area (Å²) in [5, 5.41) is 4.69. The van der Waals surface area contributed by atoms with Crippen LogP contribution in [0.4, 0.5) is 5.69 Å². The fraction of sp³-hybridized carbons (Fsp3) is 0.222. The molecule has 108 valence electrons. The van der Waals surface area contributed by atoms with Crippen LogP contribution in [0.1, 0.15) is 17.4 Å². The van der Waals surface area contributed by atoms with E-state index >= 15 is 0 Å². The minimum atomic E-state index is 0.581.